The average Bonchev–Trinajstić information content (AvgIpc) is 3.47. The second-order valence-corrected chi connectivity index (χ2v) is 9.78. The predicted molar refractivity (Wildman–Crippen MR) is 136 cm³/mol. The number of rotatable bonds is 9. The molecule has 1 N–H and O–H groups in total. The van der Waals surface area contributed by atoms with Gasteiger partial charge in [0.25, 0.3) is 5.56 Å². The Morgan fingerprint density at radius 3 is 2.63 bits per heavy atom. The highest BCUT2D eigenvalue weighted by Gasteiger charge is 2.25. The molecule has 1 aliphatic rings. The van der Waals surface area contributed by atoms with Gasteiger partial charge in [0, 0.05) is 44.1 Å². The standard InChI is InChI=1S/C27H36N4O4/c1-17(2)31-24-11-10-19(14-28-23(16-34-5)27(33)35-21-8-6-7-9-21)13-22(24)29-25(31)20-12-18(3)26(32)30(4)15-20/h10-13,15,17,21,23,28H,6-9,14,16H2,1-5H3/t23-/m0/s1. The van der Waals surface area contributed by atoms with Crippen LogP contribution < -0.4 is 10.9 Å². The predicted octanol–water partition coefficient (Wildman–Crippen LogP) is 3.88. The molecular formula is C27H36N4O4. The number of fused-ring (bicyclic) bond motifs is 1. The molecule has 0 radical (unpaired) electrons. The molecule has 1 fully saturated rings. The fourth-order valence-electron chi connectivity index (χ4n) is 4.85. The van der Waals surface area contributed by atoms with Crippen LogP contribution in [0.25, 0.3) is 22.4 Å². The Kier molecular flexibility index (Phi) is 7.72. The van der Waals surface area contributed by atoms with Crippen molar-refractivity contribution in [3.8, 4) is 11.4 Å². The smallest absolute Gasteiger partial charge is 0.325 e. The highest BCUT2D eigenvalue weighted by molar-refractivity contribution is 5.81. The van der Waals surface area contributed by atoms with Crippen LogP contribution in [0.15, 0.2) is 35.3 Å². The third-order valence-electron chi connectivity index (χ3n) is 6.65. The van der Waals surface area contributed by atoms with E-state index < -0.39 is 6.04 Å². The van der Waals surface area contributed by atoms with Crippen LogP contribution in [0.4, 0.5) is 0 Å². The molecule has 1 aliphatic carbocycles. The Morgan fingerprint density at radius 1 is 1.23 bits per heavy atom. The number of nitrogens with zero attached hydrogens (tertiary/aromatic N) is 3. The SMILES string of the molecule is COC[C@H](NCc1ccc2c(c1)nc(-c1cc(C)c(=O)n(C)c1)n2C(C)C)C(=O)OC1CCCC1. The lowest BCUT2D eigenvalue weighted by molar-refractivity contribution is -0.152. The van der Waals surface area contributed by atoms with Crippen LogP contribution in [0.2, 0.25) is 0 Å². The first-order valence-corrected chi connectivity index (χ1v) is 12.4. The van der Waals surface area contributed by atoms with Crippen molar-refractivity contribution < 1.29 is 14.3 Å². The number of hydrogen-bond acceptors (Lipinski definition) is 6. The summed E-state index contributed by atoms with van der Waals surface area (Å²) in [6, 6.07) is 7.74. The van der Waals surface area contributed by atoms with Gasteiger partial charge in [0.05, 0.1) is 17.6 Å². The van der Waals surface area contributed by atoms with Crippen LogP contribution in [0.1, 0.15) is 56.7 Å². The summed E-state index contributed by atoms with van der Waals surface area (Å²) in [5.74, 6) is 0.576. The second-order valence-electron chi connectivity index (χ2n) is 9.78. The van der Waals surface area contributed by atoms with Crippen LogP contribution in [-0.4, -0.2) is 45.9 Å². The minimum absolute atomic E-state index is 0.00797. The topological polar surface area (TPSA) is 87.4 Å². The van der Waals surface area contributed by atoms with Crippen molar-refractivity contribution in [2.45, 2.75) is 71.2 Å². The number of nitrogens with one attached hydrogen (secondary N) is 1. The normalized spacial score (nSPS) is 15.3. The molecule has 0 saturated heterocycles. The Bertz CT molecular complexity index is 1230. The molecule has 1 atom stereocenters. The van der Waals surface area contributed by atoms with E-state index in [-0.39, 0.29) is 30.3 Å². The minimum atomic E-state index is -0.520. The lowest BCUT2D eigenvalue weighted by atomic mass is 10.1. The first kappa shape index (κ1) is 25.1. The number of carbonyl (C=O) groups is 1. The van der Waals surface area contributed by atoms with Gasteiger partial charge in [-0.25, -0.2) is 4.98 Å². The lowest BCUT2D eigenvalue weighted by Gasteiger charge is -2.19. The third-order valence-corrected chi connectivity index (χ3v) is 6.65. The van der Waals surface area contributed by atoms with E-state index >= 15 is 0 Å². The van der Waals surface area contributed by atoms with Crippen molar-refractivity contribution in [3.63, 3.8) is 0 Å². The number of carbonyl (C=O) groups excluding carboxylic acids is 1. The Morgan fingerprint density at radius 2 is 1.97 bits per heavy atom. The summed E-state index contributed by atoms with van der Waals surface area (Å²) >= 11 is 0. The van der Waals surface area contributed by atoms with E-state index in [0.717, 1.165) is 53.7 Å². The van der Waals surface area contributed by atoms with Crippen molar-refractivity contribution in [3.05, 3.63) is 51.9 Å². The van der Waals surface area contributed by atoms with E-state index in [1.54, 1.807) is 18.7 Å². The number of imidazole rings is 1. The maximum Gasteiger partial charge on any atom is 0.325 e. The minimum Gasteiger partial charge on any atom is -0.461 e. The zero-order valence-corrected chi connectivity index (χ0v) is 21.3. The van der Waals surface area contributed by atoms with Crippen molar-refractivity contribution in [1.29, 1.82) is 0 Å². The van der Waals surface area contributed by atoms with Crippen LogP contribution in [-0.2, 0) is 27.9 Å². The summed E-state index contributed by atoms with van der Waals surface area (Å²) in [6.45, 7) is 6.82. The molecule has 0 spiro atoms. The van der Waals surface area contributed by atoms with Crippen LogP contribution in [0.3, 0.4) is 0 Å². The number of esters is 1. The summed E-state index contributed by atoms with van der Waals surface area (Å²) in [5.41, 5.74) is 4.50. The molecule has 1 aromatic carbocycles. The van der Waals surface area contributed by atoms with Crippen LogP contribution in [0, 0.1) is 6.92 Å². The van der Waals surface area contributed by atoms with E-state index in [4.69, 9.17) is 14.5 Å². The summed E-state index contributed by atoms with van der Waals surface area (Å²) in [7, 11) is 3.35. The van der Waals surface area contributed by atoms with Gasteiger partial charge in [-0.1, -0.05) is 6.07 Å². The maximum atomic E-state index is 12.7. The number of ether oxygens (including phenoxy) is 2. The van der Waals surface area contributed by atoms with Crippen molar-refractivity contribution in [1.82, 2.24) is 19.4 Å². The molecule has 2 aromatic heterocycles. The fraction of sp³-hybridized carbons (Fsp3) is 0.519. The Labute approximate surface area is 206 Å². The molecule has 188 valence electrons. The van der Waals surface area contributed by atoms with Gasteiger partial charge in [-0.05, 0) is 70.2 Å². The number of hydrogen-bond donors (Lipinski definition) is 1. The highest BCUT2D eigenvalue weighted by atomic mass is 16.5. The molecule has 0 aliphatic heterocycles. The molecule has 3 aromatic rings. The average molecular weight is 481 g/mol. The van der Waals surface area contributed by atoms with Gasteiger partial charge < -0.3 is 18.6 Å². The van der Waals surface area contributed by atoms with Gasteiger partial charge in [-0.15, -0.1) is 0 Å². The number of benzene rings is 1. The molecule has 1 saturated carbocycles. The molecule has 35 heavy (non-hydrogen) atoms. The second kappa shape index (κ2) is 10.7. The lowest BCUT2D eigenvalue weighted by Crippen LogP contribution is -2.42. The van der Waals surface area contributed by atoms with E-state index in [1.807, 2.05) is 25.3 Å². The first-order valence-electron chi connectivity index (χ1n) is 12.4. The van der Waals surface area contributed by atoms with Gasteiger partial charge in [0.2, 0.25) is 0 Å². The molecule has 8 heteroatoms. The van der Waals surface area contributed by atoms with Gasteiger partial charge in [-0.2, -0.15) is 0 Å². The monoisotopic (exact) mass is 480 g/mol. The molecule has 0 unspecified atom stereocenters. The zero-order chi connectivity index (χ0) is 25.1. The maximum absolute atomic E-state index is 12.7. The third kappa shape index (κ3) is 5.49. The molecule has 8 nitrogen and oxygen atoms in total. The summed E-state index contributed by atoms with van der Waals surface area (Å²) in [5, 5.41) is 3.30. The Hall–Kier alpha value is -2.97. The van der Waals surface area contributed by atoms with Crippen molar-refractivity contribution >= 4 is 17.0 Å². The Balaban J connectivity index is 1.58. The van der Waals surface area contributed by atoms with Gasteiger partial charge in [-0.3, -0.25) is 14.9 Å². The fourth-order valence-corrected chi connectivity index (χ4v) is 4.85. The number of pyridine rings is 1. The number of aromatic nitrogens is 3. The zero-order valence-electron chi connectivity index (χ0n) is 21.3. The summed E-state index contributed by atoms with van der Waals surface area (Å²) < 4.78 is 14.7. The van der Waals surface area contributed by atoms with E-state index in [1.165, 1.54) is 0 Å². The molecule has 0 bridgehead atoms. The van der Waals surface area contributed by atoms with E-state index in [9.17, 15) is 9.59 Å². The van der Waals surface area contributed by atoms with Crippen molar-refractivity contribution in [2.24, 2.45) is 7.05 Å². The molecule has 2 heterocycles. The number of methoxy groups -OCH3 is 1. The molecule has 4 rings (SSSR count). The van der Waals surface area contributed by atoms with Gasteiger partial charge >= 0.3 is 5.97 Å². The van der Waals surface area contributed by atoms with Gasteiger partial charge in [0.15, 0.2) is 0 Å². The molecular weight excluding hydrogens is 444 g/mol. The van der Waals surface area contributed by atoms with Crippen molar-refractivity contribution in [2.75, 3.05) is 13.7 Å². The highest BCUT2D eigenvalue weighted by Crippen LogP contribution is 2.29. The van der Waals surface area contributed by atoms with Crippen LogP contribution in [0.5, 0.6) is 0 Å². The summed E-state index contributed by atoms with van der Waals surface area (Å²) in [4.78, 5) is 29.8. The first-order chi connectivity index (χ1) is 16.8. The largest absolute Gasteiger partial charge is 0.461 e. The van der Waals surface area contributed by atoms with E-state index in [2.05, 4.69) is 35.9 Å². The van der Waals surface area contributed by atoms with Crippen LogP contribution >= 0.6 is 0 Å². The van der Waals surface area contributed by atoms with Gasteiger partial charge in [0.1, 0.15) is 18.0 Å². The number of aryl methyl sites for hydroxylation is 2. The quantitative estimate of drug-likeness (QED) is 0.468. The van der Waals surface area contributed by atoms with E-state index in [0.29, 0.717) is 12.1 Å². The molecule has 0 amide bonds. The summed E-state index contributed by atoms with van der Waals surface area (Å²) in [6.07, 6.45) is 5.98.